The molecule has 0 bridgehead atoms. The molecule has 0 atom stereocenters. The molecule has 7 heteroatoms. The Labute approximate surface area is 107 Å². The highest BCUT2D eigenvalue weighted by atomic mass is 32.2. The number of aryl methyl sites for hydroxylation is 1. The van der Waals surface area contributed by atoms with E-state index in [1.54, 1.807) is 16.3 Å². The van der Waals surface area contributed by atoms with E-state index in [-0.39, 0.29) is 5.56 Å². The summed E-state index contributed by atoms with van der Waals surface area (Å²) in [6.45, 7) is 0. The molecular formula is C11H14N4O2S. The highest BCUT2D eigenvalue weighted by Crippen LogP contribution is 2.34. The quantitative estimate of drug-likeness (QED) is 0.819. The molecule has 2 aromatic heterocycles. The molecule has 0 saturated heterocycles. The predicted molar refractivity (Wildman–Crippen MR) is 70.0 cm³/mol. The molecule has 96 valence electrons. The lowest BCUT2D eigenvalue weighted by Gasteiger charge is -2.00. The summed E-state index contributed by atoms with van der Waals surface area (Å²) in [7, 11) is 3.27. The summed E-state index contributed by atoms with van der Waals surface area (Å²) >= 11 is 1.65. The molecule has 6 nitrogen and oxygen atoms in total. The van der Waals surface area contributed by atoms with Gasteiger partial charge in [0, 0.05) is 19.8 Å². The first-order valence-corrected chi connectivity index (χ1v) is 6.85. The molecule has 1 aliphatic carbocycles. The fourth-order valence-corrected chi connectivity index (χ4v) is 3.01. The van der Waals surface area contributed by atoms with Crippen LogP contribution in [0.5, 0.6) is 0 Å². The van der Waals surface area contributed by atoms with Gasteiger partial charge < -0.3 is 4.57 Å². The second-order valence-electron chi connectivity index (χ2n) is 4.70. The van der Waals surface area contributed by atoms with Crippen molar-refractivity contribution in [3.63, 3.8) is 0 Å². The van der Waals surface area contributed by atoms with Gasteiger partial charge in [0.15, 0.2) is 16.3 Å². The minimum Gasteiger partial charge on any atom is -0.316 e. The van der Waals surface area contributed by atoms with E-state index in [1.807, 2.05) is 7.05 Å². The van der Waals surface area contributed by atoms with Gasteiger partial charge in [0.1, 0.15) is 0 Å². The van der Waals surface area contributed by atoms with E-state index in [0.717, 1.165) is 21.4 Å². The zero-order valence-electron chi connectivity index (χ0n) is 10.3. The third kappa shape index (κ3) is 1.78. The molecule has 0 radical (unpaired) electrons. The minimum absolute atomic E-state index is 0.304. The topological polar surface area (TPSA) is 72.7 Å². The largest absolute Gasteiger partial charge is 0.329 e. The average molecular weight is 266 g/mol. The van der Waals surface area contributed by atoms with Crippen LogP contribution in [-0.2, 0) is 14.1 Å². The van der Waals surface area contributed by atoms with Crippen molar-refractivity contribution in [1.82, 2.24) is 19.1 Å². The third-order valence-electron chi connectivity index (χ3n) is 3.24. The summed E-state index contributed by atoms with van der Waals surface area (Å²) in [5.41, 5.74) is 0.102. The molecule has 18 heavy (non-hydrogen) atoms. The summed E-state index contributed by atoms with van der Waals surface area (Å²) in [5.74, 6) is 1.82. The number of imidazole rings is 1. The maximum atomic E-state index is 12.0. The number of aromatic nitrogens is 4. The molecule has 1 saturated carbocycles. The second-order valence-corrected chi connectivity index (χ2v) is 5.69. The highest BCUT2D eigenvalue weighted by Gasteiger charge is 2.23. The van der Waals surface area contributed by atoms with Crippen molar-refractivity contribution in [3.05, 3.63) is 20.8 Å². The molecule has 1 N–H and O–H groups in total. The molecule has 2 aromatic rings. The standard InChI is InChI=1S/C11H14N4O2S/c1-14-7-8(12-10(17)15(2)9(7)16)13-11(14)18-5-6-3-4-6/h6H,3-5H2,1-2H3,(H,12,17). The van der Waals surface area contributed by atoms with Gasteiger partial charge in [-0.3, -0.25) is 14.3 Å². The van der Waals surface area contributed by atoms with Gasteiger partial charge in [-0.05, 0) is 18.8 Å². The highest BCUT2D eigenvalue weighted by molar-refractivity contribution is 7.99. The van der Waals surface area contributed by atoms with Gasteiger partial charge in [-0.1, -0.05) is 11.8 Å². The minimum atomic E-state index is -0.427. The van der Waals surface area contributed by atoms with Gasteiger partial charge in [0.05, 0.1) is 0 Å². The zero-order valence-corrected chi connectivity index (χ0v) is 11.1. The fraction of sp³-hybridized carbons (Fsp3) is 0.545. The van der Waals surface area contributed by atoms with Crippen LogP contribution in [-0.4, -0.2) is 24.9 Å². The van der Waals surface area contributed by atoms with Crippen molar-refractivity contribution >= 4 is 22.9 Å². The Morgan fingerprint density at radius 3 is 2.72 bits per heavy atom. The van der Waals surface area contributed by atoms with Crippen molar-refractivity contribution in [1.29, 1.82) is 0 Å². The van der Waals surface area contributed by atoms with Crippen LogP contribution in [0.4, 0.5) is 0 Å². The Morgan fingerprint density at radius 1 is 1.33 bits per heavy atom. The van der Waals surface area contributed by atoms with Gasteiger partial charge in [0.2, 0.25) is 0 Å². The Balaban J connectivity index is 2.11. The summed E-state index contributed by atoms with van der Waals surface area (Å²) < 4.78 is 2.83. The van der Waals surface area contributed by atoms with E-state index >= 15 is 0 Å². The molecule has 1 aliphatic rings. The second kappa shape index (κ2) is 4.01. The van der Waals surface area contributed by atoms with Crippen molar-refractivity contribution in [2.75, 3.05) is 5.75 Å². The van der Waals surface area contributed by atoms with Gasteiger partial charge in [-0.15, -0.1) is 0 Å². The van der Waals surface area contributed by atoms with Crippen molar-refractivity contribution < 1.29 is 0 Å². The molecule has 0 unspecified atom stereocenters. The SMILES string of the molecule is Cn1c(=O)[nH]c2nc(SCC3CC3)n(C)c2c1=O. The first-order valence-electron chi connectivity index (χ1n) is 5.86. The molecule has 0 spiro atoms. The third-order valence-corrected chi connectivity index (χ3v) is 4.50. The average Bonchev–Trinajstić information content (AvgIpc) is 3.10. The number of hydrogen-bond acceptors (Lipinski definition) is 4. The Morgan fingerprint density at radius 2 is 2.06 bits per heavy atom. The van der Waals surface area contributed by atoms with Gasteiger partial charge in [0.25, 0.3) is 5.56 Å². The van der Waals surface area contributed by atoms with Crippen molar-refractivity contribution in [2.45, 2.75) is 18.0 Å². The molecule has 0 amide bonds. The van der Waals surface area contributed by atoms with Crippen LogP contribution in [0.15, 0.2) is 14.7 Å². The number of nitrogens with zero attached hydrogens (tertiary/aromatic N) is 3. The lowest BCUT2D eigenvalue weighted by molar-refractivity contribution is 0.771. The summed E-state index contributed by atoms with van der Waals surface area (Å²) in [6.07, 6.45) is 2.57. The Kier molecular flexibility index (Phi) is 2.58. The van der Waals surface area contributed by atoms with Gasteiger partial charge in [-0.25, -0.2) is 9.78 Å². The van der Waals surface area contributed by atoms with E-state index in [1.165, 1.54) is 19.9 Å². The first kappa shape index (κ1) is 11.6. The molecule has 2 heterocycles. The van der Waals surface area contributed by atoms with E-state index in [2.05, 4.69) is 9.97 Å². The number of aromatic amines is 1. The smallest absolute Gasteiger partial charge is 0.316 e. The summed E-state index contributed by atoms with van der Waals surface area (Å²) in [6, 6.07) is 0. The van der Waals surface area contributed by atoms with E-state index in [9.17, 15) is 9.59 Å². The Bertz CT molecular complexity index is 723. The predicted octanol–water partition coefficient (Wildman–Crippen LogP) is 0.462. The number of fused-ring (bicyclic) bond motifs is 1. The fourth-order valence-electron chi connectivity index (χ4n) is 1.85. The van der Waals surface area contributed by atoms with Crippen LogP contribution in [0.25, 0.3) is 11.2 Å². The lowest BCUT2D eigenvalue weighted by Crippen LogP contribution is -2.33. The van der Waals surface area contributed by atoms with E-state index in [0.29, 0.717) is 11.2 Å². The van der Waals surface area contributed by atoms with Crippen molar-refractivity contribution in [3.8, 4) is 0 Å². The number of nitrogens with one attached hydrogen (secondary N) is 1. The summed E-state index contributed by atoms with van der Waals surface area (Å²) in [4.78, 5) is 30.5. The summed E-state index contributed by atoms with van der Waals surface area (Å²) in [5, 5.41) is 0.788. The Hall–Kier alpha value is -1.50. The lowest BCUT2D eigenvalue weighted by atomic mass is 10.5. The number of thioether (sulfide) groups is 1. The zero-order chi connectivity index (χ0) is 12.9. The van der Waals surface area contributed by atoms with E-state index in [4.69, 9.17) is 0 Å². The van der Waals surface area contributed by atoms with Gasteiger partial charge in [-0.2, -0.15) is 0 Å². The first-order chi connectivity index (χ1) is 8.58. The molecule has 0 aliphatic heterocycles. The normalized spacial score (nSPS) is 15.4. The van der Waals surface area contributed by atoms with Crippen LogP contribution < -0.4 is 11.2 Å². The molecule has 0 aromatic carbocycles. The van der Waals surface area contributed by atoms with Crippen LogP contribution in [0.1, 0.15) is 12.8 Å². The van der Waals surface area contributed by atoms with Crippen LogP contribution in [0.3, 0.4) is 0 Å². The molecule has 1 fully saturated rings. The van der Waals surface area contributed by atoms with Crippen molar-refractivity contribution in [2.24, 2.45) is 20.0 Å². The number of H-pyrrole nitrogens is 1. The molecule has 3 rings (SSSR count). The maximum absolute atomic E-state index is 12.0. The van der Waals surface area contributed by atoms with E-state index < -0.39 is 5.69 Å². The maximum Gasteiger partial charge on any atom is 0.329 e. The van der Waals surface area contributed by atoms with Crippen LogP contribution in [0.2, 0.25) is 0 Å². The molecular weight excluding hydrogens is 252 g/mol. The monoisotopic (exact) mass is 266 g/mol. The van der Waals surface area contributed by atoms with Crippen LogP contribution in [0, 0.1) is 5.92 Å². The number of hydrogen-bond donors (Lipinski definition) is 1. The van der Waals surface area contributed by atoms with Crippen LogP contribution >= 0.6 is 11.8 Å². The van der Waals surface area contributed by atoms with Gasteiger partial charge >= 0.3 is 5.69 Å². The number of rotatable bonds is 3.